The maximum atomic E-state index is 12.4. The Labute approximate surface area is 208 Å². The van der Waals surface area contributed by atoms with Gasteiger partial charge in [-0.15, -0.1) is 0 Å². The fourth-order valence-corrected chi connectivity index (χ4v) is 6.82. The summed E-state index contributed by atoms with van der Waals surface area (Å²) < 4.78 is 16.5. The van der Waals surface area contributed by atoms with E-state index in [1.807, 2.05) is 6.08 Å². The van der Waals surface area contributed by atoms with Crippen molar-refractivity contribution in [1.82, 2.24) is 5.32 Å². The highest BCUT2D eigenvalue weighted by atomic mass is 16.6. The zero-order chi connectivity index (χ0) is 25.8. The molecule has 0 radical (unpaired) electrons. The minimum Gasteiger partial charge on any atom is -0.465 e. The van der Waals surface area contributed by atoms with Crippen molar-refractivity contribution in [2.75, 3.05) is 26.4 Å². The molecule has 0 aromatic carbocycles. The number of nitrogens with one attached hydrogen (secondary N) is 1. The molecule has 35 heavy (non-hydrogen) atoms. The lowest BCUT2D eigenvalue weighted by Crippen LogP contribution is -2.59. The van der Waals surface area contributed by atoms with E-state index in [-0.39, 0.29) is 67.1 Å². The van der Waals surface area contributed by atoms with E-state index in [2.05, 4.69) is 25.7 Å². The van der Waals surface area contributed by atoms with Crippen LogP contribution in [0.15, 0.2) is 23.8 Å². The van der Waals surface area contributed by atoms with Gasteiger partial charge in [-0.05, 0) is 68.4 Å². The predicted octanol–water partition coefficient (Wildman–Crippen LogP) is 3.08. The Morgan fingerprint density at radius 2 is 2.03 bits per heavy atom. The number of rotatable bonds is 10. The molecular weight excluding hydrogens is 450 g/mol. The molecule has 8 nitrogen and oxygen atoms in total. The second kappa shape index (κ2) is 11.2. The minimum absolute atomic E-state index is 0.0746. The molecule has 2 N–H and O–H groups in total. The van der Waals surface area contributed by atoms with Crippen molar-refractivity contribution < 1.29 is 33.7 Å². The topological polar surface area (TPSA) is 111 Å². The molecular formula is C27H41NO7. The summed E-state index contributed by atoms with van der Waals surface area (Å²) in [6.07, 6.45) is 5.97. The van der Waals surface area contributed by atoms with Crippen LogP contribution < -0.4 is 5.32 Å². The van der Waals surface area contributed by atoms with E-state index in [1.165, 1.54) is 13.8 Å². The van der Waals surface area contributed by atoms with Gasteiger partial charge in [0.1, 0.15) is 19.3 Å². The maximum Gasteiger partial charge on any atom is 0.335 e. The van der Waals surface area contributed by atoms with Gasteiger partial charge in [-0.3, -0.25) is 9.59 Å². The smallest absolute Gasteiger partial charge is 0.335 e. The molecule has 2 fully saturated rings. The standard InChI is InChI=1S/C27H41NO7/c1-17-7-8-23-26(4,11-9-24(35-19(3)31)27(23,5)16-34-18(2)30)21(17)15-22(28-12-6-13-29)20-10-14-33-25(20)32/h10,21-24,28-29H,1,6-9,11-16H2,2-5H3/t21-,22-,23+,24-,26+,27+/m1/s1. The average Bonchev–Trinajstić information content (AvgIpc) is 3.21. The first kappa shape index (κ1) is 27.4. The van der Waals surface area contributed by atoms with Crippen LogP contribution in [0.2, 0.25) is 0 Å². The summed E-state index contributed by atoms with van der Waals surface area (Å²) in [6.45, 7) is 12.7. The molecule has 0 bridgehead atoms. The van der Waals surface area contributed by atoms with Gasteiger partial charge < -0.3 is 24.6 Å². The van der Waals surface area contributed by atoms with E-state index in [1.54, 1.807) is 0 Å². The van der Waals surface area contributed by atoms with Crippen LogP contribution in [-0.2, 0) is 28.6 Å². The highest BCUT2D eigenvalue weighted by Crippen LogP contribution is 2.62. The fourth-order valence-electron chi connectivity index (χ4n) is 6.82. The Hall–Kier alpha value is -2.19. The minimum atomic E-state index is -0.533. The number of aliphatic hydroxyl groups is 1. The second-order valence-electron chi connectivity index (χ2n) is 10.8. The van der Waals surface area contributed by atoms with Crippen molar-refractivity contribution in [2.24, 2.45) is 22.7 Å². The molecule has 0 unspecified atom stereocenters. The Kier molecular flexibility index (Phi) is 8.81. The van der Waals surface area contributed by atoms with Gasteiger partial charge >= 0.3 is 17.9 Å². The Bertz CT molecular complexity index is 868. The van der Waals surface area contributed by atoms with Crippen LogP contribution in [0.4, 0.5) is 0 Å². The van der Waals surface area contributed by atoms with Crippen molar-refractivity contribution in [3.05, 3.63) is 23.8 Å². The van der Waals surface area contributed by atoms with Gasteiger partial charge in [-0.1, -0.05) is 26.0 Å². The zero-order valence-electron chi connectivity index (χ0n) is 21.6. The molecule has 1 heterocycles. The van der Waals surface area contributed by atoms with Crippen LogP contribution in [-0.4, -0.2) is 61.5 Å². The van der Waals surface area contributed by atoms with Crippen molar-refractivity contribution >= 4 is 17.9 Å². The molecule has 3 aliphatic rings. The van der Waals surface area contributed by atoms with Crippen molar-refractivity contribution in [3.8, 4) is 0 Å². The van der Waals surface area contributed by atoms with Crippen LogP contribution >= 0.6 is 0 Å². The lowest BCUT2D eigenvalue weighted by atomic mass is 9.46. The number of aliphatic hydroxyl groups excluding tert-OH is 1. The Balaban J connectivity index is 1.92. The normalized spacial score (nSPS) is 33.4. The number of cyclic esters (lactones) is 1. The first-order chi connectivity index (χ1) is 16.5. The number of allylic oxidation sites excluding steroid dienone is 1. The predicted molar refractivity (Wildman–Crippen MR) is 130 cm³/mol. The van der Waals surface area contributed by atoms with E-state index in [0.29, 0.717) is 31.4 Å². The third kappa shape index (κ3) is 5.80. The summed E-state index contributed by atoms with van der Waals surface area (Å²) in [5.74, 6) is -0.739. The third-order valence-electron chi connectivity index (χ3n) is 8.54. The van der Waals surface area contributed by atoms with Gasteiger partial charge in [0.25, 0.3) is 0 Å². The number of hydrogen-bond acceptors (Lipinski definition) is 8. The second-order valence-corrected chi connectivity index (χ2v) is 10.8. The van der Waals surface area contributed by atoms with Crippen LogP contribution in [0.3, 0.4) is 0 Å². The molecule has 0 aromatic heterocycles. The average molecular weight is 492 g/mol. The number of carbonyl (C=O) groups excluding carboxylic acids is 3. The molecule has 0 aromatic rings. The van der Waals surface area contributed by atoms with E-state index in [9.17, 15) is 19.5 Å². The van der Waals surface area contributed by atoms with Gasteiger partial charge in [-0.2, -0.15) is 0 Å². The number of esters is 3. The van der Waals surface area contributed by atoms with E-state index in [4.69, 9.17) is 14.2 Å². The molecule has 3 rings (SSSR count). The van der Waals surface area contributed by atoms with Crippen LogP contribution in [0.5, 0.6) is 0 Å². The summed E-state index contributed by atoms with van der Waals surface area (Å²) in [7, 11) is 0. The largest absolute Gasteiger partial charge is 0.465 e. The summed E-state index contributed by atoms with van der Waals surface area (Å²) in [6, 6.07) is -0.209. The quantitative estimate of drug-likeness (QED) is 0.208. The number of carbonyl (C=O) groups is 3. The molecule has 0 spiro atoms. The molecule has 0 amide bonds. The molecule has 2 aliphatic carbocycles. The van der Waals surface area contributed by atoms with Crippen molar-refractivity contribution in [1.29, 1.82) is 0 Å². The first-order valence-corrected chi connectivity index (χ1v) is 12.7. The number of fused-ring (bicyclic) bond motifs is 1. The van der Waals surface area contributed by atoms with Gasteiger partial charge in [0.05, 0.1) is 5.57 Å². The fraction of sp³-hybridized carbons (Fsp3) is 0.741. The van der Waals surface area contributed by atoms with Crippen LogP contribution in [0.25, 0.3) is 0 Å². The van der Waals surface area contributed by atoms with Crippen molar-refractivity contribution in [3.63, 3.8) is 0 Å². The lowest BCUT2D eigenvalue weighted by molar-refractivity contribution is -0.191. The monoisotopic (exact) mass is 491 g/mol. The highest BCUT2D eigenvalue weighted by Gasteiger charge is 2.59. The van der Waals surface area contributed by atoms with Crippen LogP contribution in [0.1, 0.15) is 66.2 Å². The van der Waals surface area contributed by atoms with Gasteiger partial charge in [0.15, 0.2) is 0 Å². The summed E-state index contributed by atoms with van der Waals surface area (Å²) in [5.41, 5.74) is 1.08. The summed E-state index contributed by atoms with van der Waals surface area (Å²) >= 11 is 0. The number of ether oxygens (including phenoxy) is 3. The SMILES string of the molecule is C=C1CC[C@@H]2[C@](C)(COC(C)=O)[C@H](OC(C)=O)CC[C@@]2(C)[C@@H]1C[C@@H](NCCCO)C1=CCOC1=O. The van der Waals surface area contributed by atoms with Gasteiger partial charge in [-0.25, -0.2) is 4.79 Å². The summed E-state index contributed by atoms with van der Waals surface area (Å²) in [4.78, 5) is 36.1. The molecule has 1 aliphatic heterocycles. The molecule has 6 atom stereocenters. The zero-order valence-corrected chi connectivity index (χ0v) is 21.6. The van der Waals surface area contributed by atoms with Gasteiger partial charge in [0.2, 0.25) is 0 Å². The molecule has 196 valence electrons. The lowest BCUT2D eigenvalue weighted by Gasteiger charge is -2.60. The number of hydrogen-bond donors (Lipinski definition) is 2. The highest BCUT2D eigenvalue weighted by molar-refractivity contribution is 5.91. The molecule has 8 heteroatoms. The maximum absolute atomic E-state index is 12.4. The Morgan fingerprint density at radius 3 is 2.63 bits per heavy atom. The van der Waals surface area contributed by atoms with Crippen LogP contribution in [0, 0.1) is 22.7 Å². The molecule has 0 saturated heterocycles. The van der Waals surface area contributed by atoms with Crippen molar-refractivity contribution in [2.45, 2.75) is 78.4 Å². The third-order valence-corrected chi connectivity index (χ3v) is 8.54. The Morgan fingerprint density at radius 1 is 1.29 bits per heavy atom. The first-order valence-electron chi connectivity index (χ1n) is 12.7. The van der Waals surface area contributed by atoms with E-state index in [0.717, 1.165) is 24.8 Å². The summed E-state index contributed by atoms with van der Waals surface area (Å²) in [5, 5.41) is 12.7. The molecule has 2 saturated carbocycles. The van der Waals surface area contributed by atoms with E-state index < -0.39 is 5.41 Å². The van der Waals surface area contributed by atoms with E-state index >= 15 is 0 Å². The van der Waals surface area contributed by atoms with Gasteiger partial charge in [0, 0.05) is 31.9 Å².